The monoisotopic (exact) mass is 326 g/mol. The molecule has 0 aliphatic rings. The van der Waals surface area contributed by atoms with E-state index in [4.69, 9.17) is 5.73 Å². The average Bonchev–Trinajstić information content (AvgIpc) is 2.57. The van der Waals surface area contributed by atoms with E-state index in [0.717, 1.165) is 18.8 Å². The largest absolute Gasteiger partial charge is 0.372 e. The van der Waals surface area contributed by atoms with Gasteiger partial charge in [0.2, 0.25) is 0 Å². The molecule has 0 radical (unpaired) electrons. The van der Waals surface area contributed by atoms with Gasteiger partial charge in [0.1, 0.15) is 0 Å². The lowest BCUT2D eigenvalue weighted by Gasteiger charge is -2.21. The Balaban J connectivity index is 2.08. The Morgan fingerprint density at radius 1 is 0.958 bits per heavy atom. The smallest absolute Gasteiger partial charge is 0.316 e. The standard InChI is InChI=1S/C18H22N4O2/c1-3-22(4-2)16-10-8-14(9-11-16)20-17(23)13-6-5-7-15(12-13)21-18(19)24/h5-12H,3-4H2,1-2H3,(H,20,23)(H3,19,21,24). The maximum atomic E-state index is 12.3. The van der Waals surface area contributed by atoms with Crippen LogP contribution in [0.25, 0.3) is 0 Å². The molecule has 0 atom stereocenters. The highest BCUT2D eigenvalue weighted by Crippen LogP contribution is 2.19. The van der Waals surface area contributed by atoms with Crippen LogP contribution < -0.4 is 21.3 Å². The zero-order valence-electron chi connectivity index (χ0n) is 13.9. The van der Waals surface area contributed by atoms with Crippen molar-refractivity contribution in [3.8, 4) is 0 Å². The summed E-state index contributed by atoms with van der Waals surface area (Å²) >= 11 is 0. The number of urea groups is 1. The average molecular weight is 326 g/mol. The van der Waals surface area contributed by atoms with Gasteiger partial charge in [0.05, 0.1) is 0 Å². The van der Waals surface area contributed by atoms with E-state index >= 15 is 0 Å². The molecule has 2 aromatic rings. The second-order valence-corrected chi connectivity index (χ2v) is 5.24. The quantitative estimate of drug-likeness (QED) is 0.761. The Morgan fingerprint density at radius 3 is 2.21 bits per heavy atom. The summed E-state index contributed by atoms with van der Waals surface area (Å²) in [4.78, 5) is 25.4. The van der Waals surface area contributed by atoms with E-state index in [1.54, 1.807) is 24.3 Å². The highest BCUT2D eigenvalue weighted by atomic mass is 16.2. The fourth-order valence-corrected chi connectivity index (χ4v) is 2.43. The van der Waals surface area contributed by atoms with Gasteiger partial charge in [0.25, 0.3) is 5.91 Å². The summed E-state index contributed by atoms with van der Waals surface area (Å²) in [6.07, 6.45) is 0. The molecular formula is C18H22N4O2. The van der Waals surface area contributed by atoms with Gasteiger partial charge in [0.15, 0.2) is 0 Å². The highest BCUT2D eigenvalue weighted by molar-refractivity contribution is 6.05. The zero-order chi connectivity index (χ0) is 17.5. The molecular weight excluding hydrogens is 304 g/mol. The second-order valence-electron chi connectivity index (χ2n) is 5.24. The van der Waals surface area contributed by atoms with E-state index < -0.39 is 6.03 Å². The molecule has 0 aromatic heterocycles. The van der Waals surface area contributed by atoms with Crippen molar-refractivity contribution in [2.75, 3.05) is 28.6 Å². The normalized spacial score (nSPS) is 10.1. The van der Waals surface area contributed by atoms with Gasteiger partial charge < -0.3 is 21.3 Å². The number of hydrogen-bond donors (Lipinski definition) is 3. The number of hydrogen-bond acceptors (Lipinski definition) is 3. The molecule has 0 bridgehead atoms. The summed E-state index contributed by atoms with van der Waals surface area (Å²) in [5.74, 6) is -0.251. The molecule has 6 heteroatoms. The van der Waals surface area contributed by atoms with Crippen LogP contribution in [0.3, 0.4) is 0 Å². The van der Waals surface area contributed by atoms with Crippen molar-refractivity contribution in [1.29, 1.82) is 0 Å². The summed E-state index contributed by atoms with van der Waals surface area (Å²) in [6, 6.07) is 13.6. The van der Waals surface area contributed by atoms with Crippen LogP contribution in [0.2, 0.25) is 0 Å². The molecule has 0 saturated heterocycles. The van der Waals surface area contributed by atoms with Crippen LogP contribution in [0.15, 0.2) is 48.5 Å². The Bertz CT molecular complexity index is 709. The summed E-state index contributed by atoms with van der Waals surface area (Å²) in [7, 11) is 0. The van der Waals surface area contributed by atoms with Crippen molar-refractivity contribution in [1.82, 2.24) is 0 Å². The van der Waals surface area contributed by atoms with Gasteiger partial charge in [-0.15, -0.1) is 0 Å². The molecule has 0 fully saturated rings. The fraction of sp³-hybridized carbons (Fsp3) is 0.222. The van der Waals surface area contributed by atoms with Crippen LogP contribution in [0.4, 0.5) is 21.9 Å². The maximum absolute atomic E-state index is 12.3. The van der Waals surface area contributed by atoms with Crippen LogP contribution in [0, 0.1) is 0 Å². The molecule has 6 nitrogen and oxygen atoms in total. The molecule has 126 valence electrons. The number of anilines is 3. The molecule has 2 aromatic carbocycles. The Kier molecular flexibility index (Phi) is 5.78. The van der Waals surface area contributed by atoms with Gasteiger partial charge in [-0.25, -0.2) is 4.79 Å². The van der Waals surface area contributed by atoms with Crippen LogP contribution >= 0.6 is 0 Å². The first-order chi connectivity index (χ1) is 11.5. The van der Waals surface area contributed by atoms with E-state index in [1.807, 2.05) is 24.3 Å². The molecule has 0 aliphatic heterocycles. The predicted octanol–water partition coefficient (Wildman–Crippen LogP) is 3.28. The number of benzene rings is 2. The van der Waals surface area contributed by atoms with E-state index in [0.29, 0.717) is 16.9 Å². The van der Waals surface area contributed by atoms with Crippen molar-refractivity contribution >= 4 is 29.0 Å². The Labute approximate surface area is 141 Å². The van der Waals surface area contributed by atoms with Gasteiger partial charge >= 0.3 is 6.03 Å². The van der Waals surface area contributed by atoms with Crippen LogP contribution in [-0.2, 0) is 0 Å². The van der Waals surface area contributed by atoms with E-state index in [9.17, 15) is 9.59 Å². The minimum Gasteiger partial charge on any atom is -0.372 e. The van der Waals surface area contributed by atoms with E-state index in [1.165, 1.54) is 0 Å². The second kappa shape index (κ2) is 8.01. The zero-order valence-corrected chi connectivity index (χ0v) is 13.9. The topological polar surface area (TPSA) is 87.5 Å². The third-order valence-electron chi connectivity index (χ3n) is 3.65. The predicted molar refractivity (Wildman–Crippen MR) is 97.6 cm³/mol. The maximum Gasteiger partial charge on any atom is 0.316 e. The molecule has 2 rings (SSSR count). The lowest BCUT2D eigenvalue weighted by Crippen LogP contribution is -2.21. The summed E-state index contributed by atoms with van der Waals surface area (Å²) in [5.41, 5.74) is 7.83. The van der Waals surface area contributed by atoms with Crippen molar-refractivity contribution < 1.29 is 9.59 Å². The summed E-state index contributed by atoms with van der Waals surface area (Å²) in [5, 5.41) is 5.29. The third kappa shape index (κ3) is 4.49. The lowest BCUT2D eigenvalue weighted by molar-refractivity contribution is 0.102. The highest BCUT2D eigenvalue weighted by Gasteiger charge is 2.08. The first kappa shape index (κ1) is 17.3. The third-order valence-corrected chi connectivity index (χ3v) is 3.65. The molecule has 0 unspecified atom stereocenters. The summed E-state index contributed by atoms with van der Waals surface area (Å²) in [6.45, 7) is 6.07. The van der Waals surface area contributed by atoms with Crippen molar-refractivity contribution in [2.24, 2.45) is 5.73 Å². The molecule has 24 heavy (non-hydrogen) atoms. The molecule has 0 saturated carbocycles. The fourth-order valence-electron chi connectivity index (χ4n) is 2.43. The Hall–Kier alpha value is -3.02. The first-order valence-electron chi connectivity index (χ1n) is 7.86. The molecule has 0 spiro atoms. The number of nitrogens with two attached hydrogens (primary N) is 1. The number of nitrogens with one attached hydrogen (secondary N) is 2. The van der Waals surface area contributed by atoms with Crippen molar-refractivity contribution in [2.45, 2.75) is 13.8 Å². The van der Waals surface area contributed by atoms with Crippen molar-refractivity contribution in [3.05, 3.63) is 54.1 Å². The van der Waals surface area contributed by atoms with Gasteiger partial charge in [-0.05, 0) is 56.3 Å². The minimum absolute atomic E-state index is 0.251. The van der Waals surface area contributed by atoms with E-state index in [-0.39, 0.29) is 5.91 Å². The van der Waals surface area contributed by atoms with Crippen LogP contribution in [-0.4, -0.2) is 25.0 Å². The molecule has 3 amide bonds. The number of carbonyl (C=O) groups is 2. The summed E-state index contributed by atoms with van der Waals surface area (Å²) < 4.78 is 0. The van der Waals surface area contributed by atoms with Gasteiger partial charge in [-0.3, -0.25) is 4.79 Å². The first-order valence-corrected chi connectivity index (χ1v) is 7.86. The van der Waals surface area contributed by atoms with Gasteiger partial charge in [0, 0.05) is 35.7 Å². The van der Waals surface area contributed by atoms with Gasteiger partial charge in [-0.1, -0.05) is 6.07 Å². The number of rotatable bonds is 6. The number of amides is 3. The molecule has 0 aliphatic carbocycles. The Morgan fingerprint density at radius 2 is 1.62 bits per heavy atom. The molecule has 4 N–H and O–H groups in total. The number of primary amides is 1. The minimum atomic E-state index is -0.667. The lowest BCUT2D eigenvalue weighted by atomic mass is 10.1. The van der Waals surface area contributed by atoms with Crippen LogP contribution in [0.5, 0.6) is 0 Å². The van der Waals surface area contributed by atoms with E-state index in [2.05, 4.69) is 29.4 Å². The number of nitrogens with zero attached hydrogens (tertiary/aromatic N) is 1. The SMILES string of the molecule is CCN(CC)c1ccc(NC(=O)c2cccc(NC(N)=O)c2)cc1. The van der Waals surface area contributed by atoms with Gasteiger partial charge in [-0.2, -0.15) is 0 Å². The molecule has 0 heterocycles. The van der Waals surface area contributed by atoms with Crippen LogP contribution in [0.1, 0.15) is 24.2 Å². The van der Waals surface area contributed by atoms with Crippen molar-refractivity contribution in [3.63, 3.8) is 0 Å². The number of carbonyl (C=O) groups excluding carboxylic acids is 2.